The Morgan fingerprint density at radius 3 is 2.70 bits per heavy atom. The molecule has 0 saturated heterocycles. The van der Waals surface area contributed by atoms with Crippen LogP contribution in [0, 0.1) is 17.1 Å². The van der Waals surface area contributed by atoms with Crippen LogP contribution in [0.5, 0.6) is 0 Å². The Morgan fingerprint density at radius 2 is 2.00 bits per heavy atom. The Hall–Kier alpha value is -3.15. The Kier molecular flexibility index (Phi) is 4.18. The first-order chi connectivity index (χ1) is 13.0. The van der Waals surface area contributed by atoms with E-state index in [9.17, 15) is 12.8 Å². The quantitative estimate of drug-likeness (QED) is 0.523. The van der Waals surface area contributed by atoms with Gasteiger partial charge in [-0.2, -0.15) is 5.26 Å². The maximum Gasteiger partial charge on any atom is 0.264 e. The second-order valence-electron chi connectivity index (χ2n) is 5.80. The van der Waals surface area contributed by atoms with Crippen molar-refractivity contribution in [1.29, 1.82) is 5.26 Å². The van der Waals surface area contributed by atoms with E-state index in [2.05, 4.69) is 9.71 Å². The van der Waals surface area contributed by atoms with Gasteiger partial charge in [0.2, 0.25) is 0 Å². The molecular weight excluding hydrogens is 385 g/mol. The van der Waals surface area contributed by atoms with Crippen LogP contribution >= 0.6 is 11.3 Å². The molecule has 0 aliphatic heterocycles. The number of aromatic amines is 1. The molecule has 2 aromatic carbocycles. The number of aromatic nitrogens is 1. The minimum absolute atomic E-state index is 0.0268. The summed E-state index contributed by atoms with van der Waals surface area (Å²) in [5.74, 6) is -0.808. The number of benzene rings is 2. The predicted molar refractivity (Wildman–Crippen MR) is 104 cm³/mol. The number of fused-ring (bicyclic) bond motifs is 1. The molecule has 0 fully saturated rings. The van der Waals surface area contributed by atoms with Crippen LogP contribution < -0.4 is 4.72 Å². The number of nitrogens with one attached hydrogen (secondary N) is 2. The normalized spacial score (nSPS) is 11.4. The number of anilines is 1. The van der Waals surface area contributed by atoms with Gasteiger partial charge in [-0.1, -0.05) is 18.2 Å². The van der Waals surface area contributed by atoms with Gasteiger partial charge < -0.3 is 4.98 Å². The van der Waals surface area contributed by atoms with Gasteiger partial charge >= 0.3 is 0 Å². The van der Waals surface area contributed by atoms with E-state index in [1.807, 2.05) is 29.6 Å². The second-order valence-corrected chi connectivity index (χ2v) is 8.40. The van der Waals surface area contributed by atoms with E-state index in [1.54, 1.807) is 23.5 Å². The topological polar surface area (TPSA) is 85.8 Å². The van der Waals surface area contributed by atoms with Crippen LogP contribution in [0.15, 0.2) is 65.0 Å². The molecule has 134 valence electrons. The van der Waals surface area contributed by atoms with E-state index in [0.717, 1.165) is 16.5 Å². The lowest BCUT2D eigenvalue weighted by Crippen LogP contribution is -2.13. The Morgan fingerprint density at radius 1 is 1.15 bits per heavy atom. The van der Waals surface area contributed by atoms with Crippen molar-refractivity contribution in [2.24, 2.45) is 0 Å². The average Bonchev–Trinajstić information content (AvgIpc) is 3.32. The standard InChI is InChI=1S/C19H12FN3O2S2/c20-15-8-12(10-21)3-6-16(15)23-27(24,25)19-11-22-17-9-13(4-5-14(17)19)18-2-1-7-26-18/h1-9,11,22-23H. The third kappa shape index (κ3) is 3.18. The van der Waals surface area contributed by atoms with Gasteiger partial charge in [0.05, 0.1) is 17.3 Å². The molecule has 4 rings (SSSR count). The number of H-pyrrole nitrogens is 1. The van der Waals surface area contributed by atoms with Crippen LogP contribution in [0.25, 0.3) is 21.3 Å². The van der Waals surface area contributed by atoms with Gasteiger partial charge in [-0.15, -0.1) is 11.3 Å². The average molecular weight is 397 g/mol. The van der Waals surface area contributed by atoms with Crippen molar-refractivity contribution in [1.82, 2.24) is 4.98 Å². The lowest BCUT2D eigenvalue weighted by molar-refractivity contribution is 0.599. The molecular formula is C19H12FN3O2S2. The van der Waals surface area contributed by atoms with Gasteiger partial charge in [0.1, 0.15) is 10.7 Å². The molecule has 2 heterocycles. The molecule has 0 aliphatic carbocycles. The lowest BCUT2D eigenvalue weighted by Gasteiger charge is -2.08. The molecule has 0 unspecified atom stereocenters. The summed E-state index contributed by atoms with van der Waals surface area (Å²) in [5, 5.41) is 11.3. The smallest absolute Gasteiger partial charge is 0.264 e. The number of nitrogens with zero attached hydrogens (tertiary/aromatic N) is 1. The first kappa shape index (κ1) is 17.3. The summed E-state index contributed by atoms with van der Waals surface area (Å²) in [5.41, 5.74) is 1.55. The second kappa shape index (κ2) is 6.54. The summed E-state index contributed by atoms with van der Waals surface area (Å²) in [6.45, 7) is 0. The van der Waals surface area contributed by atoms with E-state index < -0.39 is 15.8 Å². The SMILES string of the molecule is N#Cc1ccc(NS(=O)(=O)c2c[nH]c3cc(-c4cccs4)ccc23)c(F)c1. The summed E-state index contributed by atoms with van der Waals surface area (Å²) >= 11 is 1.59. The van der Waals surface area contributed by atoms with E-state index >= 15 is 0 Å². The third-order valence-electron chi connectivity index (χ3n) is 4.08. The molecule has 27 heavy (non-hydrogen) atoms. The fraction of sp³-hybridized carbons (Fsp3) is 0. The van der Waals surface area contributed by atoms with Gasteiger partial charge in [-0.3, -0.25) is 4.72 Å². The number of nitriles is 1. The van der Waals surface area contributed by atoms with Crippen LogP contribution in [-0.4, -0.2) is 13.4 Å². The van der Waals surface area contributed by atoms with E-state index in [1.165, 1.54) is 18.3 Å². The fourth-order valence-corrected chi connectivity index (χ4v) is 4.76. The molecule has 0 spiro atoms. The van der Waals surface area contributed by atoms with Gasteiger partial charge in [0.25, 0.3) is 10.0 Å². The zero-order valence-corrected chi connectivity index (χ0v) is 15.4. The monoisotopic (exact) mass is 397 g/mol. The van der Waals surface area contributed by atoms with Crippen molar-refractivity contribution in [3.63, 3.8) is 0 Å². The minimum Gasteiger partial charge on any atom is -0.360 e. The van der Waals surface area contributed by atoms with Gasteiger partial charge in [0, 0.05) is 22.0 Å². The number of thiophene rings is 1. The van der Waals surface area contributed by atoms with E-state index in [-0.39, 0.29) is 16.1 Å². The highest BCUT2D eigenvalue weighted by Gasteiger charge is 2.21. The highest BCUT2D eigenvalue weighted by atomic mass is 32.2. The number of hydrogen-bond acceptors (Lipinski definition) is 4. The molecule has 0 atom stereocenters. The summed E-state index contributed by atoms with van der Waals surface area (Å²) in [6, 6.07) is 14.8. The van der Waals surface area contributed by atoms with Crippen molar-refractivity contribution < 1.29 is 12.8 Å². The molecule has 0 radical (unpaired) electrons. The maximum atomic E-state index is 14.0. The Bertz CT molecular complexity index is 1290. The summed E-state index contributed by atoms with van der Waals surface area (Å²) in [4.78, 5) is 4.07. The van der Waals surface area contributed by atoms with Crippen LogP contribution in [0.2, 0.25) is 0 Å². The maximum absolute atomic E-state index is 14.0. The molecule has 0 saturated carbocycles. The molecule has 0 amide bonds. The molecule has 2 N–H and O–H groups in total. The summed E-state index contributed by atoms with van der Waals surface area (Å²) in [7, 11) is -4.01. The predicted octanol–water partition coefficient (Wildman–Crippen LogP) is 4.71. The van der Waals surface area contributed by atoms with E-state index in [4.69, 9.17) is 5.26 Å². The zero-order chi connectivity index (χ0) is 19.0. The molecule has 4 aromatic rings. The van der Waals surface area contributed by atoms with Crippen molar-refractivity contribution in [2.75, 3.05) is 4.72 Å². The van der Waals surface area contributed by atoms with Crippen molar-refractivity contribution in [3.05, 3.63) is 71.5 Å². The largest absolute Gasteiger partial charge is 0.360 e. The number of hydrogen-bond donors (Lipinski definition) is 2. The van der Waals surface area contributed by atoms with Crippen LogP contribution in [0.3, 0.4) is 0 Å². The number of sulfonamides is 1. The Labute approximate surface area is 158 Å². The van der Waals surface area contributed by atoms with Crippen LogP contribution in [0.1, 0.15) is 5.56 Å². The zero-order valence-electron chi connectivity index (χ0n) is 13.7. The van der Waals surface area contributed by atoms with Gasteiger partial charge in [-0.05, 0) is 41.3 Å². The summed E-state index contributed by atoms with van der Waals surface area (Å²) < 4.78 is 41.8. The highest BCUT2D eigenvalue weighted by molar-refractivity contribution is 7.93. The van der Waals surface area contributed by atoms with Crippen molar-refractivity contribution in [3.8, 4) is 16.5 Å². The number of rotatable bonds is 4. The fourth-order valence-electron chi connectivity index (χ4n) is 2.79. The van der Waals surface area contributed by atoms with Gasteiger partial charge in [0.15, 0.2) is 0 Å². The first-order valence-electron chi connectivity index (χ1n) is 7.85. The molecule has 0 bridgehead atoms. The highest BCUT2D eigenvalue weighted by Crippen LogP contribution is 2.31. The van der Waals surface area contributed by atoms with Crippen molar-refractivity contribution in [2.45, 2.75) is 4.90 Å². The molecule has 0 aliphatic rings. The molecule has 5 nitrogen and oxygen atoms in total. The van der Waals surface area contributed by atoms with Gasteiger partial charge in [-0.25, -0.2) is 12.8 Å². The first-order valence-corrected chi connectivity index (χ1v) is 10.2. The van der Waals surface area contributed by atoms with E-state index in [0.29, 0.717) is 10.9 Å². The number of halogens is 1. The van der Waals surface area contributed by atoms with Crippen molar-refractivity contribution >= 4 is 38.0 Å². The third-order valence-corrected chi connectivity index (χ3v) is 6.41. The lowest BCUT2D eigenvalue weighted by atomic mass is 10.1. The van der Waals surface area contributed by atoms with Crippen LogP contribution in [0.4, 0.5) is 10.1 Å². The molecule has 8 heteroatoms. The minimum atomic E-state index is -4.01. The van der Waals surface area contributed by atoms with Crippen LogP contribution in [-0.2, 0) is 10.0 Å². The Balaban J connectivity index is 1.72. The summed E-state index contributed by atoms with van der Waals surface area (Å²) in [6.07, 6.45) is 1.38. The molecule has 2 aromatic heterocycles.